The summed E-state index contributed by atoms with van der Waals surface area (Å²) in [6.07, 6.45) is 0.553. The average Bonchev–Trinajstić information content (AvgIpc) is 2.24. The number of hydrogen-bond donors (Lipinski definition) is 2. The van der Waals surface area contributed by atoms with Crippen molar-refractivity contribution in [1.29, 1.82) is 0 Å². The minimum atomic E-state index is -0.573. The number of nitrogens with one attached hydrogen (secondary N) is 2. The van der Waals surface area contributed by atoms with Gasteiger partial charge in [0.05, 0.1) is 17.9 Å². The molecule has 2 N–H and O–H groups in total. The van der Waals surface area contributed by atoms with Crippen LogP contribution in [0.5, 0.6) is 0 Å². The van der Waals surface area contributed by atoms with Gasteiger partial charge in [-0.25, -0.2) is 14.6 Å². The van der Waals surface area contributed by atoms with Crippen molar-refractivity contribution in [2.45, 2.75) is 39.3 Å². The normalized spacial score (nSPS) is 12.9. The van der Waals surface area contributed by atoms with E-state index in [2.05, 4.69) is 15.8 Å². The second-order valence-corrected chi connectivity index (χ2v) is 4.89. The quantitative estimate of drug-likeness (QED) is 0.813. The number of halogens is 1. The van der Waals surface area contributed by atoms with Gasteiger partial charge in [-0.3, -0.25) is 10.4 Å². The molecule has 100 valence electrons. The molecule has 1 aromatic rings. The number of aromatic nitrogens is 1. The Morgan fingerprint density at radius 1 is 1.44 bits per heavy atom. The van der Waals surface area contributed by atoms with Gasteiger partial charge in [0, 0.05) is 0 Å². The lowest BCUT2D eigenvalue weighted by atomic mass is 10.2. The van der Waals surface area contributed by atoms with Crippen LogP contribution in [0, 0.1) is 5.82 Å². The maximum Gasteiger partial charge on any atom is 0.422 e. The Bertz CT molecular complexity index is 401. The lowest BCUT2D eigenvalue weighted by Gasteiger charge is -2.21. The van der Waals surface area contributed by atoms with Gasteiger partial charge in [-0.1, -0.05) is 0 Å². The number of pyridine rings is 1. The second kappa shape index (κ2) is 5.77. The van der Waals surface area contributed by atoms with E-state index in [1.807, 2.05) is 0 Å². The highest BCUT2D eigenvalue weighted by molar-refractivity contribution is 5.67. The van der Waals surface area contributed by atoms with Crippen molar-refractivity contribution in [3.63, 3.8) is 0 Å². The van der Waals surface area contributed by atoms with Crippen molar-refractivity contribution < 1.29 is 13.9 Å². The molecule has 1 heterocycles. The Balaban J connectivity index is 2.44. The molecule has 0 aliphatic heterocycles. The predicted octanol–water partition coefficient (Wildman–Crippen LogP) is 2.31. The fourth-order valence-corrected chi connectivity index (χ4v) is 1.19. The largest absolute Gasteiger partial charge is 0.443 e. The lowest BCUT2D eigenvalue weighted by Crippen LogP contribution is -2.42. The molecule has 0 saturated carbocycles. The molecule has 0 radical (unpaired) electrons. The third-order valence-corrected chi connectivity index (χ3v) is 1.98. The molecule has 0 spiro atoms. The van der Waals surface area contributed by atoms with Gasteiger partial charge < -0.3 is 4.74 Å². The molecule has 0 aromatic carbocycles. The number of nitrogens with zero attached hydrogens (tertiary/aromatic N) is 1. The van der Waals surface area contributed by atoms with E-state index in [0.717, 1.165) is 6.20 Å². The molecular weight excluding hydrogens is 237 g/mol. The fourth-order valence-electron chi connectivity index (χ4n) is 1.19. The third-order valence-electron chi connectivity index (χ3n) is 1.98. The summed E-state index contributed by atoms with van der Waals surface area (Å²) in [5.41, 5.74) is 5.20. The maximum absolute atomic E-state index is 12.7. The van der Waals surface area contributed by atoms with Crippen LogP contribution < -0.4 is 10.9 Å². The van der Waals surface area contributed by atoms with Crippen LogP contribution in [0.3, 0.4) is 0 Å². The molecule has 1 rings (SSSR count). The van der Waals surface area contributed by atoms with E-state index in [-0.39, 0.29) is 6.04 Å². The molecule has 1 atom stereocenters. The van der Waals surface area contributed by atoms with E-state index in [9.17, 15) is 9.18 Å². The van der Waals surface area contributed by atoms with Crippen LogP contribution in [0.2, 0.25) is 0 Å². The van der Waals surface area contributed by atoms with Crippen molar-refractivity contribution in [2.75, 3.05) is 0 Å². The highest BCUT2D eigenvalue weighted by Crippen LogP contribution is 2.09. The van der Waals surface area contributed by atoms with Crippen LogP contribution in [0.15, 0.2) is 18.3 Å². The van der Waals surface area contributed by atoms with Crippen molar-refractivity contribution in [1.82, 2.24) is 15.8 Å². The van der Waals surface area contributed by atoms with Gasteiger partial charge in [-0.15, -0.1) is 0 Å². The molecule has 5 nitrogen and oxygen atoms in total. The molecule has 1 unspecified atom stereocenters. The third kappa shape index (κ3) is 5.09. The monoisotopic (exact) mass is 255 g/mol. The van der Waals surface area contributed by atoms with Crippen molar-refractivity contribution in [2.24, 2.45) is 0 Å². The number of carbonyl (C=O) groups is 1. The highest BCUT2D eigenvalue weighted by Gasteiger charge is 2.16. The lowest BCUT2D eigenvalue weighted by molar-refractivity contribution is 0.0489. The number of hydrazine groups is 1. The summed E-state index contributed by atoms with van der Waals surface area (Å²) < 4.78 is 17.7. The van der Waals surface area contributed by atoms with E-state index < -0.39 is 17.5 Å². The summed E-state index contributed by atoms with van der Waals surface area (Å²) in [4.78, 5) is 15.3. The summed E-state index contributed by atoms with van der Waals surface area (Å²) in [6, 6.07) is 2.61. The number of rotatable bonds is 3. The number of hydrogen-bond acceptors (Lipinski definition) is 4. The molecule has 0 saturated heterocycles. The smallest absolute Gasteiger partial charge is 0.422 e. The molecule has 0 aliphatic carbocycles. The molecule has 0 bridgehead atoms. The Hall–Kier alpha value is -1.69. The first-order valence-electron chi connectivity index (χ1n) is 5.64. The average molecular weight is 255 g/mol. The Morgan fingerprint density at radius 3 is 2.61 bits per heavy atom. The number of ether oxygens (including phenoxy) is 1. The summed E-state index contributed by atoms with van der Waals surface area (Å²) in [6.45, 7) is 7.12. The van der Waals surface area contributed by atoms with Crippen molar-refractivity contribution in [3.8, 4) is 0 Å². The number of amides is 1. The Kier molecular flexibility index (Phi) is 4.61. The van der Waals surface area contributed by atoms with Gasteiger partial charge in [0.1, 0.15) is 11.4 Å². The molecule has 0 aliphatic rings. The first kappa shape index (κ1) is 14.4. The van der Waals surface area contributed by atoms with E-state index >= 15 is 0 Å². The SMILES string of the molecule is CC(NNC(=O)OC(C)(C)C)c1ccc(F)cn1. The first-order chi connectivity index (χ1) is 8.28. The van der Waals surface area contributed by atoms with Gasteiger partial charge >= 0.3 is 6.09 Å². The standard InChI is InChI=1S/C12H18FN3O2/c1-8(10-6-5-9(13)7-14-10)15-16-11(17)18-12(2,3)4/h5-8,15H,1-4H3,(H,16,17). The maximum atomic E-state index is 12.7. The number of carbonyl (C=O) groups excluding carboxylic acids is 1. The molecule has 6 heteroatoms. The Labute approximate surface area is 106 Å². The summed E-state index contributed by atoms with van der Waals surface area (Å²) in [7, 11) is 0. The van der Waals surface area contributed by atoms with Gasteiger partial charge in [-0.2, -0.15) is 0 Å². The topological polar surface area (TPSA) is 63.2 Å². The van der Waals surface area contributed by atoms with Gasteiger partial charge in [0.25, 0.3) is 0 Å². The van der Waals surface area contributed by atoms with E-state index in [0.29, 0.717) is 5.69 Å². The molecule has 1 amide bonds. The van der Waals surface area contributed by atoms with Crippen LogP contribution in [-0.4, -0.2) is 16.7 Å². The molecule has 18 heavy (non-hydrogen) atoms. The minimum Gasteiger partial charge on any atom is -0.443 e. The van der Waals surface area contributed by atoms with E-state index in [1.165, 1.54) is 6.07 Å². The minimum absolute atomic E-state index is 0.252. The van der Waals surface area contributed by atoms with Crippen molar-refractivity contribution in [3.05, 3.63) is 29.8 Å². The summed E-state index contributed by atoms with van der Waals surface area (Å²) >= 11 is 0. The molecular formula is C12H18FN3O2. The molecule has 1 aromatic heterocycles. The summed E-state index contributed by atoms with van der Waals surface area (Å²) in [5.74, 6) is -0.397. The van der Waals surface area contributed by atoms with Crippen LogP contribution >= 0.6 is 0 Å². The van der Waals surface area contributed by atoms with Gasteiger partial charge in [0.15, 0.2) is 0 Å². The first-order valence-corrected chi connectivity index (χ1v) is 5.64. The van der Waals surface area contributed by atoms with Gasteiger partial charge in [0.2, 0.25) is 0 Å². The fraction of sp³-hybridized carbons (Fsp3) is 0.500. The second-order valence-electron chi connectivity index (χ2n) is 4.89. The predicted molar refractivity (Wildman–Crippen MR) is 65.1 cm³/mol. The highest BCUT2D eigenvalue weighted by atomic mass is 19.1. The summed E-state index contributed by atoms with van der Waals surface area (Å²) in [5, 5.41) is 0. The van der Waals surface area contributed by atoms with Gasteiger partial charge in [-0.05, 0) is 39.8 Å². The zero-order chi connectivity index (χ0) is 13.8. The van der Waals surface area contributed by atoms with Crippen LogP contribution in [-0.2, 0) is 4.74 Å². The molecule has 0 fully saturated rings. The van der Waals surface area contributed by atoms with E-state index in [4.69, 9.17) is 4.74 Å². The van der Waals surface area contributed by atoms with Crippen LogP contribution in [0.25, 0.3) is 0 Å². The zero-order valence-electron chi connectivity index (χ0n) is 11.0. The van der Waals surface area contributed by atoms with Crippen LogP contribution in [0.1, 0.15) is 39.4 Å². The zero-order valence-corrected chi connectivity index (χ0v) is 11.0. The van der Waals surface area contributed by atoms with Crippen LogP contribution in [0.4, 0.5) is 9.18 Å². The Morgan fingerprint density at radius 2 is 2.11 bits per heavy atom. The van der Waals surface area contributed by atoms with Crippen molar-refractivity contribution >= 4 is 6.09 Å². The van der Waals surface area contributed by atoms with E-state index in [1.54, 1.807) is 33.8 Å².